The summed E-state index contributed by atoms with van der Waals surface area (Å²) < 4.78 is 5.54. The molecule has 200 valence electrons. The molecule has 2 saturated carbocycles. The average molecular weight is 518 g/mol. The number of hydrogen-bond acceptors (Lipinski definition) is 5. The number of aliphatic carboxylic acids is 1. The molecule has 38 heavy (non-hydrogen) atoms. The van der Waals surface area contributed by atoms with Crippen molar-refractivity contribution in [2.75, 3.05) is 6.61 Å². The summed E-state index contributed by atoms with van der Waals surface area (Å²) in [6, 6.07) is 17.5. The molecule has 1 heterocycles. The number of amides is 2. The van der Waals surface area contributed by atoms with Crippen LogP contribution in [0.1, 0.15) is 74.0 Å². The highest BCUT2D eigenvalue weighted by molar-refractivity contribution is 5.97. The van der Waals surface area contributed by atoms with Gasteiger partial charge in [-0.05, 0) is 67.7 Å². The van der Waals surface area contributed by atoms with Crippen LogP contribution in [0.2, 0.25) is 0 Å². The van der Waals surface area contributed by atoms with E-state index >= 15 is 0 Å². The van der Waals surface area contributed by atoms with E-state index in [-0.39, 0.29) is 36.3 Å². The van der Waals surface area contributed by atoms with Crippen molar-refractivity contribution in [1.29, 1.82) is 0 Å². The monoisotopic (exact) mass is 517 g/mol. The van der Waals surface area contributed by atoms with E-state index in [1.54, 1.807) is 0 Å². The van der Waals surface area contributed by atoms with Gasteiger partial charge in [-0.25, -0.2) is 5.01 Å². The Balaban J connectivity index is 1.27. The Bertz CT molecular complexity index is 1170. The van der Waals surface area contributed by atoms with Gasteiger partial charge in [0.05, 0.1) is 18.4 Å². The molecule has 0 saturated heterocycles. The maximum atomic E-state index is 13.5. The Morgan fingerprint density at radius 3 is 2.32 bits per heavy atom. The lowest BCUT2D eigenvalue weighted by Crippen LogP contribution is -2.42. The van der Waals surface area contributed by atoms with Crippen molar-refractivity contribution >= 4 is 23.7 Å². The molecule has 1 aliphatic heterocycles. The van der Waals surface area contributed by atoms with Gasteiger partial charge in [-0.1, -0.05) is 55.3 Å². The first-order chi connectivity index (χ1) is 18.5. The third kappa shape index (κ3) is 6.06. The molecular formula is C30H35N3O5. The van der Waals surface area contributed by atoms with Gasteiger partial charge in [0.1, 0.15) is 0 Å². The number of benzene rings is 2. The van der Waals surface area contributed by atoms with Gasteiger partial charge in [0.25, 0.3) is 5.91 Å². The first-order valence-corrected chi connectivity index (χ1v) is 13.7. The molecule has 2 aromatic rings. The van der Waals surface area contributed by atoms with Gasteiger partial charge in [-0.2, -0.15) is 0 Å². The molecule has 2 aromatic carbocycles. The lowest BCUT2D eigenvalue weighted by molar-refractivity contribution is -0.143. The lowest BCUT2D eigenvalue weighted by atomic mass is 9.82. The molecule has 0 aromatic heterocycles. The number of carbonyl (C=O) groups excluding carboxylic acids is 2. The third-order valence-corrected chi connectivity index (χ3v) is 8.10. The molecule has 2 aliphatic carbocycles. The van der Waals surface area contributed by atoms with E-state index in [0.717, 1.165) is 42.4 Å². The van der Waals surface area contributed by atoms with Crippen LogP contribution in [0.4, 0.5) is 0 Å². The zero-order valence-corrected chi connectivity index (χ0v) is 21.6. The van der Waals surface area contributed by atoms with Crippen molar-refractivity contribution in [2.24, 2.45) is 16.9 Å². The fourth-order valence-corrected chi connectivity index (χ4v) is 5.95. The molecule has 0 radical (unpaired) electrons. The normalized spacial score (nSPS) is 22.9. The van der Waals surface area contributed by atoms with Crippen LogP contribution >= 0.6 is 0 Å². The highest BCUT2D eigenvalue weighted by Gasteiger charge is 2.34. The second kappa shape index (κ2) is 11.8. The maximum Gasteiger partial charge on any atom is 0.306 e. The van der Waals surface area contributed by atoms with Crippen molar-refractivity contribution in [3.63, 3.8) is 0 Å². The van der Waals surface area contributed by atoms with E-state index in [0.29, 0.717) is 44.0 Å². The standard InChI is InChI=1S/C30H35N3O5/c34-26-19-38-29(23-8-2-1-3-9-23)32-33(26)18-20-10-12-22(13-11-20)27(21-6-4-5-7-21)28(35)31-25-16-14-24(15-17-25)30(36)37/h1-3,8-13,21,24-25,27H,4-7,14-19H2,(H,31,35)(H,36,37)/t24-,25-,27?. The topological polar surface area (TPSA) is 108 Å². The quantitative estimate of drug-likeness (QED) is 0.538. The Morgan fingerprint density at radius 1 is 0.974 bits per heavy atom. The van der Waals surface area contributed by atoms with E-state index < -0.39 is 5.97 Å². The molecule has 1 atom stereocenters. The molecule has 8 heteroatoms. The summed E-state index contributed by atoms with van der Waals surface area (Å²) in [6.07, 6.45) is 6.97. The number of hydrazone groups is 1. The van der Waals surface area contributed by atoms with E-state index in [1.165, 1.54) is 5.01 Å². The predicted molar refractivity (Wildman–Crippen MR) is 142 cm³/mol. The van der Waals surface area contributed by atoms with Gasteiger partial charge in [0.15, 0.2) is 6.61 Å². The molecule has 2 N–H and O–H groups in total. The van der Waals surface area contributed by atoms with Gasteiger partial charge < -0.3 is 15.2 Å². The van der Waals surface area contributed by atoms with E-state index in [2.05, 4.69) is 10.4 Å². The minimum absolute atomic E-state index is 0.0327. The molecular weight excluding hydrogens is 482 g/mol. The zero-order valence-electron chi connectivity index (χ0n) is 21.6. The first kappa shape index (κ1) is 25.9. The molecule has 0 bridgehead atoms. The lowest BCUT2D eigenvalue weighted by Gasteiger charge is -2.30. The van der Waals surface area contributed by atoms with Gasteiger partial charge in [0, 0.05) is 11.6 Å². The summed E-state index contributed by atoms with van der Waals surface area (Å²) in [6.45, 7) is 0.274. The number of nitrogens with zero attached hydrogens (tertiary/aromatic N) is 2. The van der Waals surface area contributed by atoms with Crippen molar-refractivity contribution in [1.82, 2.24) is 10.3 Å². The van der Waals surface area contributed by atoms with Crippen LogP contribution < -0.4 is 5.32 Å². The molecule has 8 nitrogen and oxygen atoms in total. The van der Waals surface area contributed by atoms with Gasteiger partial charge in [0.2, 0.25) is 11.8 Å². The van der Waals surface area contributed by atoms with E-state index in [1.807, 2.05) is 54.6 Å². The number of carbonyl (C=O) groups is 3. The summed E-state index contributed by atoms with van der Waals surface area (Å²) in [4.78, 5) is 37.3. The summed E-state index contributed by atoms with van der Waals surface area (Å²) >= 11 is 0. The molecule has 1 unspecified atom stereocenters. The highest BCUT2D eigenvalue weighted by atomic mass is 16.5. The van der Waals surface area contributed by atoms with Crippen LogP contribution in [0.15, 0.2) is 59.7 Å². The average Bonchev–Trinajstić information content (AvgIpc) is 3.46. The van der Waals surface area contributed by atoms with Crippen LogP contribution in [-0.4, -0.2) is 46.4 Å². The molecule has 2 fully saturated rings. The van der Waals surface area contributed by atoms with E-state index in [4.69, 9.17) is 4.74 Å². The molecule has 0 spiro atoms. The van der Waals surface area contributed by atoms with E-state index in [9.17, 15) is 19.5 Å². The Hall–Kier alpha value is -3.68. The van der Waals surface area contributed by atoms with Crippen molar-refractivity contribution < 1.29 is 24.2 Å². The largest absolute Gasteiger partial charge is 0.481 e. The Labute approximate surface area is 223 Å². The van der Waals surface area contributed by atoms with Crippen LogP contribution in [0, 0.1) is 11.8 Å². The maximum absolute atomic E-state index is 13.5. The number of carboxylic acid groups (broad SMARTS) is 1. The minimum Gasteiger partial charge on any atom is -0.481 e. The smallest absolute Gasteiger partial charge is 0.306 e. The summed E-state index contributed by atoms with van der Waals surface area (Å²) in [5, 5.41) is 18.4. The van der Waals surface area contributed by atoms with Crippen LogP contribution in [0.25, 0.3) is 0 Å². The van der Waals surface area contributed by atoms with Crippen molar-refractivity contribution in [3.05, 3.63) is 71.3 Å². The molecule has 5 rings (SSSR count). The molecule has 3 aliphatic rings. The van der Waals surface area contributed by atoms with Crippen LogP contribution in [0.3, 0.4) is 0 Å². The van der Waals surface area contributed by atoms with Gasteiger partial charge in [-0.15, -0.1) is 5.10 Å². The zero-order chi connectivity index (χ0) is 26.5. The SMILES string of the molecule is O=C(N[C@H]1CC[C@H](C(=O)O)CC1)C(c1ccc(CN2N=C(c3ccccc3)OCC2=O)cc1)C1CCCC1. The number of hydrogen-bond donors (Lipinski definition) is 2. The number of rotatable bonds is 8. The van der Waals surface area contributed by atoms with Crippen molar-refractivity contribution in [2.45, 2.75) is 69.9 Å². The fraction of sp³-hybridized carbons (Fsp3) is 0.467. The van der Waals surface area contributed by atoms with Crippen LogP contribution in [0.5, 0.6) is 0 Å². The number of carboxylic acids is 1. The Morgan fingerprint density at radius 2 is 1.66 bits per heavy atom. The summed E-state index contributed by atoms with van der Waals surface area (Å²) in [5.74, 6) is -0.686. The predicted octanol–water partition coefficient (Wildman–Crippen LogP) is 4.44. The summed E-state index contributed by atoms with van der Waals surface area (Å²) in [5.41, 5.74) is 2.74. The van der Waals surface area contributed by atoms with Gasteiger partial charge in [-0.3, -0.25) is 14.4 Å². The first-order valence-electron chi connectivity index (χ1n) is 13.7. The van der Waals surface area contributed by atoms with Crippen molar-refractivity contribution in [3.8, 4) is 0 Å². The van der Waals surface area contributed by atoms with Gasteiger partial charge >= 0.3 is 5.97 Å². The summed E-state index contributed by atoms with van der Waals surface area (Å²) in [7, 11) is 0. The minimum atomic E-state index is -0.737. The third-order valence-electron chi connectivity index (χ3n) is 8.10. The number of nitrogens with one attached hydrogen (secondary N) is 1. The van der Waals surface area contributed by atoms with Crippen LogP contribution in [-0.2, 0) is 25.7 Å². The number of ether oxygens (including phenoxy) is 1. The molecule has 2 amide bonds. The highest BCUT2D eigenvalue weighted by Crippen LogP contribution is 2.38. The second-order valence-electron chi connectivity index (χ2n) is 10.7. The second-order valence-corrected chi connectivity index (χ2v) is 10.7. The fourth-order valence-electron chi connectivity index (χ4n) is 5.95. The Kier molecular flexibility index (Phi) is 8.05.